The summed E-state index contributed by atoms with van der Waals surface area (Å²) >= 11 is 0. The number of non-ortho nitro benzene ring substituents is 1. The lowest BCUT2D eigenvalue weighted by Gasteiger charge is -2.10. The monoisotopic (exact) mass is 488 g/mol. The number of nitro benzene ring substituents is 1. The summed E-state index contributed by atoms with van der Waals surface area (Å²) in [5.41, 5.74) is 2.10. The van der Waals surface area contributed by atoms with Crippen LogP contribution >= 0.6 is 0 Å². The van der Waals surface area contributed by atoms with Crippen molar-refractivity contribution in [1.29, 1.82) is 0 Å². The lowest BCUT2D eigenvalue weighted by molar-refractivity contribution is -0.384. The molecule has 8 heteroatoms. The van der Waals surface area contributed by atoms with Crippen LogP contribution in [0, 0.1) is 10.1 Å². The van der Waals surface area contributed by atoms with Crippen LogP contribution in [0.2, 0.25) is 0 Å². The van der Waals surface area contributed by atoms with Gasteiger partial charge in [-0.05, 0) is 18.2 Å². The molecular weight excluding hydrogens is 468 g/mol. The van der Waals surface area contributed by atoms with E-state index in [2.05, 4.69) is 10.4 Å². The maximum atomic E-state index is 13.9. The molecule has 0 saturated heterocycles. The number of nitrogens with zero attached hydrogens (tertiary/aromatic N) is 3. The number of carbonyl (C=O) groups is 2. The van der Waals surface area contributed by atoms with Crippen molar-refractivity contribution >= 4 is 23.1 Å². The first-order valence-electron chi connectivity index (χ1n) is 11.4. The van der Waals surface area contributed by atoms with Crippen molar-refractivity contribution in [2.24, 2.45) is 0 Å². The van der Waals surface area contributed by atoms with E-state index < -0.39 is 16.6 Å². The average molecular weight is 489 g/mol. The van der Waals surface area contributed by atoms with Crippen LogP contribution in [0.3, 0.4) is 0 Å². The molecule has 1 aromatic heterocycles. The summed E-state index contributed by atoms with van der Waals surface area (Å²) in [5.74, 6) is -0.971. The van der Waals surface area contributed by atoms with Crippen LogP contribution in [-0.4, -0.2) is 26.4 Å². The van der Waals surface area contributed by atoms with Gasteiger partial charge in [0, 0.05) is 28.9 Å². The predicted molar refractivity (Wildman–Crippen MR) is 140 cm³/mol. The predicted octanol–water partition coefficient (Wildman–Crippen LogP) is 5.93. The minimum absolute atomic E-state index is 0.0944. The van der Waals surface area contributed by atoms with E-state index >= 15 is 0 Å². The molecule has 0 unspecified atom stereocenters. The lowest BCUT2D eigenvalue weighted by atomic mass is 9.97. The fraction of sp³-hybridized carbons (Fsp3) is 0. The topological polar surface area (TPSA) is 107 Å². The zero-order chi connectivity index (χ0) is 25.8. The van der Waals surface area contributed by atoms with Crippen LogP contribution in [0.5, 0.6) is 0 Å². The largest absolute Gasteiger partial charge is 0.321 e. The molecule has 0 radical (unpaired) electrons. The fourth-order valence-electron chi connectivity index (χ4n) is 4.03. The Morgan fingerprint density at radius 1 is 0.784 bits per heavy atom. The number of rotatable bonds is 7. The third-order valence-corrected chi connectivity index (χ3v) is 5.73. The SMILES string of the molecule is O=C(Nc1ccccc1)c1nn(-c2cccc([N+](=O)[O-])c2)c(-c2ccccc2)c1C(=O)c1ccccc1. The van der Waals surface area contributed by atoms with Crippen molar-refractivity contribution in [3.05, 3.63) is 142 Å². The van der Waals surface area contributed by atoms with Gasteiger partial charge in [-0.2, -0.15) is 5.10 Å². The van der Waals surface area contributed by atoms with Crippen molar-refractivity contribution < 1.29 is 14.5 Å². The van der Waals surface area contributed by atoms with Crippen molar-refractivity contribution in [3.63, 3.8) is 0 Å². The highest BCUT2D eigenvalue weighted by Crippen LogP contribution is 2.32. The Labute approximate surface area is 212 Å². The normalized spacial score (nSPS) is 10.6. The number of hydrogen-bond acceptors (Lipinski definition) is 5. The van der Waals surface area contributed by atoms with E-state index in [9.17, 15) is 19.7 Å². The van der Waals surface area contributed by atoms with Crippen LogP contribution in [0.15, 0.2) is 115 Å². The Bertz CT molecular complexity index is 1600. The number of ketones is 1. The standard InChI is InChI=1S/C29H20N4O4/c34-28(21-13-6-2-7-14-21)25-26(29(35)30-22-15-8-3-9-16-22)31-32(27(25)20-11-4-1-5-12-20)23-17-10-18-24(19-23)33(36)37/h1-19H,(H,30,35). The molecule has 1 N–H and O–H groups in total. The van der Waals surface area contributed by atoms with Crippen molar-refractivity contribution in [1.82, 2.24) is 9.78 Å². The summed E-state index contributed by atoms with van der Waals surface area (Å²) in [7, 11) is 0. The van der Waals surface area contributed by atoms with Gasteiger partial charge in [0.1, 0.15) is 0 Å². The number of amides is 1. The van der Waals surface area contributed by atoms with Gasteiger partial charge in [-0.3, -0.25) is 19.7 Å². The van der Waals surface area contributed by atoms with Crippen molar-refractivity contribution in [2.75, 3.05) is 5.32 Å². The van der Waals surface area contributed by atoms with Crippen molar-refractivity contribution in [2.45, 2.75) is 0 Å². The smallest absolute Gasteiger partial charge is 0.276 e. The molecule has 0 atom stereocenters. The van der Waals surface area contributed by atoms with Gasteiger partial charge < -0.3 is 5.32 Å². The number of nitrogens with one attached hydrogen (secondary N) is 1. The summed E-state index contributed by atoms with van der Waals surface area (Å²) in [6, 6.07) is 32.4. The second kappa shape index (κ2) is 10.1. The minimum atomic E-state index is -0.577. The highest BCUT2D eigenvalue weighted by molar-refractivity contribution is 6.20. The third kappa shape index (κ3) is 4.76. The molecule has 5 rings (SSSR count). The molecule has 5 aromatic rings. The second-order valence-electron chi connectivity index (χ2n) is 8.14. The Morgan fingerprint density at radius 3 is 2.05 bits per heavy atom. The second-order valence-corrected chi connectivity index (χ2v) is 8.14. The fourth-order valence-corrected chi connectivity index (χ4v) is 4.03. The van der Waals surface area contributed by atoms with E-state index in [0.29, 0.717) is 28.2 Å². The van der Waals surface area contributed by atoms with E-state index in [4.69, 9.17) is 0 Å². The molecule has 0 spiro atoms. The van der Waals surface area contributed by atoms with Crippen molar-refractivity contribution in [3.8, 4) is 16.9 Å². The molecule has 8 nitrogen and oxygen atoms in total. The Kier molecular flexibility index (Phi) is 6.37. The minimum Gasteiger partial charge on any atom is -0.321 e. The molecule has 0 fully saturated rings. The van der Waals surface area contributed by atoms with E-state index in [1.807, 2.05) is 12.1 Å². The number of nitro groups is 1. The Morgan fingerprint density at radius 2 is 1.41 bits per heavy atom. The summed E-state index contributed by atoms with van der Waals surface area (Å²) in [5, 5.41) is 18.8. The van der Waals surface area contributed by atoms with E-state index in [-0.39, 0.29) is 16.9 Å². The molecule has 0 bridgehead atoms. The number of aromatic nitrogens is 2. The third-order valence-electron chi connectivity index (χ3n) is 5.73. The number of para-hydroxylation sites is 1. The summed E-state index contributed by atoms with van der Waals surface area (Å²) in [4.78, 5) is 38.4. The molecule has 4 aromatic carbocycles. The maximum Gasteiger partial charge on any atom is 0.276 e. The highest BCUT2D eigenvalue weighted by atomic mass is 16.6. The van der Waals surface area contributed by atoms with Crippen LogP contribution in [0.4, 0.5) is 11.4 Å². The number of carbonyl (C=O) groups excluding carboxylic acids is 2. The first kappa shape index (κ1) is 23.4. The van der Waals surface area contributed by atoms with Gasteiger partial charge in [-0.25, -0.2) is 4.68 Å². The average Bonchev–Trinajstić information content (AvgIpc) is 3.35. The van der Waals surface area contributed by atoms with Gasteiger partial charge in [0.05, 0.1) is 21.9 Å². The molecule has 0 aliphatic heterocycles. The summed E-state index contributed by atoms with van der Waals surface area (Å²) in [6.45, 7) is 0. The van der Waals surface area contributed by atoms with E-state index in [0.717, 1.165) is 0 Å². The molecule has 0 aliphatic carbocycles. The van der Waals surface area contributed by atoms with Crippen LogP contribution in [-0.2, 0) is 0 Å². The van der Waals surface area contributed by atoms with Crippen LogP contribution in [0.25, 0.3) is 16.9 Å². The number of anilines is 1. The zero-order valence-electron chi connectivity index (χ0n) is 19.4. The molecule has 0 aliphatic rings. The maximum absolute atomic E-state index is 13.9. The molecule has 1 amide bonds. The van der Waals surface area contributed by atoms with Crippen LogP contribution < -0.4 is 5.32 Å². The molecule has 0 saturated carbocycles. The first-order valence-corrected chi connectivity index (χ1v) is 11.4. The van der Waals surface area contributed by atoms with Gasteiger partial charge >= 0.3 is 0 Å². The Hall–Kier alpha value is -5.37. The molecular formula is C29H20N4O4. The molecule has 180 valence electrons. The van der Waals surface area contributed by atoms with Gasteiger partial charge in [0.15, 0.2) is 11.5 Å². The quantitative estimate of drug-likeness (QED) is 0.174. The number of hydrogen-bond donors (Lipinski definition) is 1. The Balaban J connectivity index is 1.78. The van der Waals surface area contributed by atoms with Crippen LogP contribution in [0.1, 0.15) is 26.4 Å². The molecule has 1 heterocycles. The van der Waals surface area contributed by atoms with Gasteiger partial charge in [-0.1, -0.05) is 84.9 Å². The van der Waals surface area contributed by atoms with E-state index in [1.54, 1.807) is 84.9 Å². The lowest BCUT2D eigenvalue weighted by Crippen LogP contribution is -2.17. The molecule has 37 heavy (non-hydrogen) atoms. The van der Waals surface area contributed by atoms with Gasteiger partial charge in [0.25, 0.3) is 11.6 Å². The number of benzene rings is 4. The highest BCUT2D eigenvalue weighted by Gasteiger charge is 2.30. The van der Waals surface area contributed by atoms with Gasteiger partial charge in [-0.15, -0.1) is 0 Å². The van der Waals surface area contributed by atoms with E-state index in [1.165, 1.54) is 22.9 Å². The summed E-state index contributed by atoms with van der Waals surface area (Å²) in [6.07, 6.45) is 0. The van der Waals surface area contributed by atoms with Gasteiger partial charge in [0.2, 0.25) is 0 Å². The summed E-state index contributed by atoms with van der Waals surface area (Å²) < 4.78 is 1.42. The first-order chi connectivity index (χ1) is 18.0. The zero-order valence-corrected chi connectivity index (χ0v) is 19.4.